The first kappa shape index (κ1) is 29.8. The fourth-order valence-corrected chi connectivity index (χ4v) is 4.61. The van der Waals surface area contributed by atoms with Crippen molar-refractivity contribution in [2.45, 2.75) is 25.4 Å². The SMILES string of the molecule is C=CC(=O)N(c1ccccc1)C(C)COc1ccc(C[C@H](Nc2ccccc2C(=O)c2ccccc2)C(=O)OC)cc1. The molecule has 0 spiro atoms. The van der Waals surface area contributed by atoms with Crippen molar-refractivity contribution in [3.8, 4) is 5.75 Å². The van der Waals surface area contributed by atoms with E-state index in [1.807, 2.05) is 85.8 Å². The Morgan fingerprint density at radius 1 is 0.857 bits per heavy atom. The molecule has 4 rings (SSSR count). The van der Waals surface area contributed by atoms with Crippen molar-refractivity contribution in [3.63, 3.8) is 0 Å². The first-order valence-corrected chi connectivity index (χ1v) is 13.7. The lowest BCUT2D eigenvalue weighted by Gasteiger charge is -2.28. The largest absolute Gasteiger partial charge is 0.491 e. The molecule has 0 fully saturated rings. The van der Waals surface area contributed by atoms with Gasteiger partial charge in [-0.25, -0.2) is 4.79 Å². The minimum atomic E-state index is -0.726. The summed E-state index contributed by atoms with van der Waals surface area (Å²) in [5.41, 5.74) is 3.22. The number of amides is 1. The number of rotatable bonds is 13. The molecular weight excluding hydrogens is 528 g/mol. The Kier molecular flexibility index (Phi) is 10.3. The van der Waals surface area contributed by atoms with Crippen LogP contribution in [-0.2, 0) is 20.7 Å². The number of hydrogen-bond donors (Lipinski definition) is 1. The Morgan fingerprint density at radius 2 is 1.48 bits per heavy atom. The second kappa shape index (κ2) is 14.5. The average Bonchev–Trinajstić information content (AvgIpc) is 3.04. The van der Waals surface area contributed by atoms with Crippen LogP contribution in [0.2, 0.25) is 0 Å². The number of nitrogens with zero attached hydrogens (tertiary/aromatic N) is 1. The molecule has 0 radical (unpaired) electrons. The van der Waals surface area contributed by atoms with Crippen LogP contribution >= 0.6 is 0 Å². The van der Waals surface area contributed by atoms with Crippen molar-refractivity contribution in [3.05, 3.63) is 139 Å². The van der Waals surface area contributed by atoms with Gasteiger partial charge in [0, 0.05) is 28.9 Å². The molecule has 0 saturated carbocycles. The second-order valence-electron chi connectivity index (χ2n) is 9.72. The van der Waals surface area contributed by atoms with E-state index in [9.17, 15) is 14.4 Å². The van der Waals surface area contributed by atoms with E-state index in [0.717, 1.165) is 11.3 Å². The minimum Gasteiger partial charge on any atom is -0.491 e. The number of carbonyl (C=O) groups excluding carboxylic acids is 3. The summed E-state index contributed by atoms with van der Waals surface area (Å²) in [5, 5.41) is 3.22. The van der Waals surface area contributed by atoms with Crippen molar-refractivity contribution in [2.24, 2.45) is 0 Å². The summed E-state index contributed by atoms with van der Waals surface area (Å²) in [6.45, 7) is 5.81. The molecule has 0 aliphatic carbocycles. The zero-order chi connectivity index (χ0) is 29.9. The third kappa shape index (κ3) is 7.52. The molecular formula is C35H34N2O5. The minimum absolute atomic E-state index is 0.140. The standard InChI is InChI=1S/C35H34N2O5/c1-4-33(38)37(28-15-9-6-10-16-28)25(2)24-42-29-21-19-26(20-22-29)23-32(35(40)41-3)36-31-18-12-11-17-30(31)34(39)27-13-7-5-8-14-27/h4-22,25,32,36H,1,23-24H2,2-3H3/t25?,32-/m0/s1. The van der Waals surface area contributed by atoms with Crippen molar-refractivity contribution >= 4 is 29.0 Å². The fourth-order valence-electron chi connectivity index (χ4n) is 4.61. The number of anilines is 2. The number of nitrogens with one attached hydrogen (secondary N) is 1. The number of hydrogen-bond acceptors (Lipinski definition) is 6. The normalized spacial score (nSPS) is 12.0. The van der Waals surface area contributed by atoms with E-state index in [-0.39, 0.29) is 24.3 Å². The highest BCUT2D eigenvalue weighted by Crippen LogP contribution is 2.23. The smallest absolute Gasteiger partial charge is 0.328 e. The van der Waals surface area contributed by atoms with Crippen molar-refractivity contribution in [1.29, 1.82) is 0 Å². The number of ether oxygens (including phenoxy) is 2. The Bertz CT molecular complexity index is 1500. The predicted molar refractivity (Wildman–Crippen MR) is 165 cm³/mol. The maximum absolute atomic E-state index is 13.2. The summed E-state index contributed by atoms with van der Waals surface area (Å²) in [4.78, 5) is 40.1. The molecule has 42 heavy (non-hydrogen) atoms. The Morgan fingerprint density at radius 3 is 2.12 bits per heavy atom. The van der Waals surface area contributed by atoms with Gasteiger partial charge in [-0.2, -0.15) is 0 Å². The van der Waals surface area contributed by atoms with E-state index < -0.39 is 12.0 Å². The van der Waals surface area contributed by atoms with Crippen LogP contribution in [-0.4, -0.2) is 43.5 Å². The van der Waals surface area contributed by atoms with Gasteiger partial charge in [0.05, 0.1) is 13.2 Å². The molecule has 0 saturated heterocycles. The van der Waals surface area contributed by atoms with E-state index in [4.69, 9.17) is 9.47 Å². The van der Waals surface area contributed by atoms with Crippen LogP contribution in [0.4, 0.5) is 11.4 Å². The highest BCUT2D eigenvalue weighted by Gasteiger charge is 2.23. The molecule has 0 heterocycles. The average molecular weight is 563 g/mol. The Labute approximate surface area is 246 Å². The van der Waals surface area contributed by atoms with Crippen LogP contribution in [0, 0.1) is 0 Å². The van der Waals surface area contributed by atoms with Gasteiger partial charge in [-0.15, -0.1) is 0 Å². The molecule has 1 unspecified atom stereocenters. The lowest BCUT2D eigenvalue weighted by Crippen LogP contribution is -2.41. The fraction of sp³-hybridized carbons (Fsp3) is 0.171. The summed E-state index contributed by atoms with van der Waals surface area (Å²) in [5.74, 6) is -0.162. The number of carbonyl (C=O) groups is 3. The van der Waals surface area contributed by atoms with E-state index in [1.165, 1.54) is 13.2 Å². The molecule has 7 nitrogen and oxygen atoms in total. The highest BCUT2D eigenvalue weighted by molar-refractivity contribution is 6.12. The van der Waals surface area contributed by atoms with Gasteiger partial charge in [0.15, 0.2) is 5.78 Å². The van der Waals surface area contributed by atoms with E-state index >= 15 is 0 Å². The van der Waals surface area contributed by atoms with Gasteiger partial charge in [-0.3, -0.25) is 9.59 Å². The third-order valence-electron chi connectivity index (χ3n) is 6.76. The Hall–Kier alpha value is -5.17. The molecule has 4 aromatic rings. The molecule has 0 aliphatic rings. The number of esters is 1. The quantitative estimate of drug-likeness (QED) is 0.120. The number of methoxy groups -OCH3 is 1. The topological polar surface area (TPSA) is 84.9 Å². The van der Waals surface area contributed by atoms with Crippen LogP contribution in [0.5, 0.6) is 5.75 Å². The summed E-state index contributed by atoms with van der Waals surface area (Å²) >= 11 is 0. The summed E-state index contributed by atoms with van der Waals surface area (Å²) in [6.07, 6.45) is 1.62. The van der Waals surface area contributed by atoms with E-state index in [2.05, 4.69) is 11.9 Å². The van der Waals surface area contributed by atoms with E-state index in [1.54, 1.807) is 35.2 Å². The van der Waals surface area contributed by atoms with Crippen LogP contribution in [0.15, 0.2) is 122 Å². The van der Waals surface area contributed by atoms with Crippen molar-refractivity contribution in [2.75, 3.05) is 23.9 Å². The Balaban J connectivity index is 1.44. The maximum Gasteiger partial charge on any atom is 0.328 e. The molecule has 0 bridgehead atoms. The van der Waals surface area contributed by atoms with Gasteiger partial charge in [0.2, 0.25) is 0 Å². The van der Waals surface area contributed by atoms with Crippen LogP contribution in [0.1, 0.15) is 28.4 Å². The van der Waals surface area contributed by atoms with Gasteiger partial charge in [0.25, 0.3) is 5.91 Å². The number of para-hydroxylation sites is 2. The highest BCUT2D eigenvalue weighted by atomic mass is 16.5. The molecule has 7 heteroatoms. The van der Waals surface area contributed by atoms with Crippen molar-refractivity contribution in [1.82, 2.24) is 0 Å². The molecule has 0 aliphatic heterocycles. The molecule has 0 aromatic heterocycles. The van der Waals surface area contributed by atoms with Crippen LogP contribution in [0.3, 0.4) is 0 Å². The van der Waals surface area contributed by atoms with Crippen LogP contribution in [0.25, 0.3) is 0 Å². The van der Waals surface area contributed by atoms with Gasteiger partial charge in [-0.05, 0) is 55.0 Å². The molecule has 4 aromatic carbocycles. The van der Waals surface area contributed by atoms with Gasteiger partial charge < -0.3 is 19.7 Å². The zero-order valence-electron chi connectivity index (χ0n) is 23.7. The van der Waals surface area contributed by atoms with E-state index in [0.29, 0.717) is 29.0 Å². The zero-order valence-corrected chi connectivity index (χ0v) is 23.7. The molecule has 214 valence electrons. The summed E-state index contributed by atoms with van der Waals surface area (Å²) < 4.78 is 11.1. The summed E-state index contributed by atoms with van der Waals surface area (Å²) in [7, 11) is 1.34. The third-order valence-corrected chi connectivity index (χ3v) is 6.76. The molecule has 2 atom stereocenters. The lowest BCUT2D eigenvalue weighted by atomic mass is 10.00. The maximum atomic E-state index is 13.2. The number of ketones is 1. The summed E-state index contributed by atoms with van der Waals surface area (Å²) in [6, 6.07) is 31.9. The predicted octanol–water partition coefficient (Wildman–Crippen LogP) is 6.10. The van der Waals surface area contributed by atoms with Crippen LogP contribution < -0.4 is 15.0 Å². The van der Waals surface area contributed by atoms with Gasteiger partial charge in [-0.1, -0.05) is 79.4 Å². The van der Waals surface area contributed by atoms with Crippen molar-refractivity contribution < 1.29 is 23.9 Å². The molecule has 1 N–H and O–H groups in total. The first-order valence-electron chi connectivity index (χ1n) is 13.7. The first-order chi connectivity index (χ1) is 20.4. The van der Waals surface area contributed by atoms with Gasteiger partial charge >= 0.3 is 5.97 Å². The second-order valence-corrected chi connectivity index (χ2v) is 9.72. The monoisotopic (exact) mass is 562 g/mol. The number of benzene rings is 4. The van der Waals surface area contributed by atoms with Gasteiger partial charge in [0.1, 0.15) is 18.4 Å². The molecule has 1 amide bonds. The lowest BCUT2D eigenvalue weighted by molar-refractivity contribution is -0.141.